The number of aliphatic carboxylic acids is 3. The molecule has 0 aromatic carbocycles. The number of Topliss-reactive ketones (excluding diaryl/α,β-unsaturated/α-hetero) is 4. The summed E-state index contributed by atoms with van der Waals surface area (Å²) < 4.78 is 21.6. The van der Waals surface area contributed by atoms with Gasteiger partial charge in [-0.15, -0.1) is 0 Å². The number of ether oxygens (including phenoxy) is 4. The molecule has 2 rings (SSSR count). The number of rotatable bonds is 57. The molecule has 0 saturated heterocycles. The van der Waals surface area contributed by atoms with Gasteiger partial charge < -0.3 is 49.9 Å². The predicted molar refractivity (Wildman–Crippen MR) is 305 cm³/mol. The van der Waals surface area contributed by atoms with E-state index >= 15 is 0 Å². The summed E-state index contributed by atoms with van der Waals surface area (Å²) >= 11 is 0. The van der Waals surface area contributed by atoms with Gasteiger partial charge in [0.05, 0.1) is 57.8 Å². The number of hydrogen-bond acceptors (Lipinski definition) is 14. The first-order chi connectivity index (χ1) is 39.2. The lowest BCUT2D eigenvalue weighted by molar-refractivity contribution is -0.145. The lowest BCUT2D eigenvalue weighted by Gasteiger charge is -2.28. The number of imidazole rings is 1. The number of carbonyl (C=O) groups is 9. The number of aromatic amines is 1. The molecule has 1 fully saturated rings. The maximum Gasteiger partial charge on any atom is 0.306 e. The molecule has 0 radical (unpaired) electrons. The van der Waals surface area contributed by atoms with Crippen LogP contribution in [0, 0.1) is 23.7 Å². The van der Waals surface area contributed by atoms with Crippen molar-refractivity contribution in [2.24, 2.45) is 23.7 Å². The topological polar surface area (TPSA) is 304 Å². The molecule has 1 saturated carbocycles. The van der Waals surface area contributed by atoms with E-state index < -0.39 is 29.7 Å². The van der Waals surface area contributed by atoms with Crippen LogP contribution in [0.15, 0.2) is 12.5 Å². The lowest BCUT2D eigenvalue weighted by Crippen LogP contribution is -2.31. The van der Waals surface area contributed by atoms with E-state index in [0.29, 0.717) is 82.3 Å². The summed E-state index contributed by atoms with van der Waals surface area (Å²) in [6.07, 6.45) is 30.9. The number of carboxylic acids is 3. The Labute approximate surface area is 481 Å². The molecular formula is C61H102N4O16. The van der Waals surface area contributed by atoms with Crippen molar-refractivity contribution in [1.29, 1.82) is 0 Å². The minimum absolute atomic E-state index is 0.00903. The van der Waals surface area contributed by atoms with Crippen LogP contribution in [0.2, 0.25) is 0 Å². The summed E-state index contributed by atoms with van der Waals surface area (Å²) in [5.74, 6) is -4.78. The third-order valence-electron chi connectivity index (χ3n) is 15.2. The Morgan fingerprint density at radius 2 is 0.988 bits per heavy atom. The van der Waals surface area contributed by atoms with Crippen LogP contribution < -0.4 is 10.6 Å². The van der Waals surface area contributed by atoms with Gasteiger partial charge in [-0.25, -0.2) is 4.98 Å². The van der Waals surface area contributed by atoms with Crippen molar-refractivity contribution in [2.45, 2.75) is 225 Å². The standard InChI is InChI=1S/C61H102N4O16/c66-53(21-17-13-11-9-7-5-3-1-2-4-6-8-10-12-14-19-23-59(72)73)31-26-48-24-27-49(28-25-48)56(69)43-51(61(76)77)29-33-57(70)63-34-36-78-39-41-81-46-58(71)64-35-37-79-38-40-80-45-55(68)22-18-15-16-20-50(60(74)75)42-54(67)32-30-52-44-62-47-65-52/h44,47-51H,1-43,45-46H2,(H,62,65)(H,63,70)(H,64,71)(H,72,73)(H,74,75)(H,76,77)/t48?,49?,50-,51-/m1/s1. The molecule has 1 aliphatic rings. The number of H-pyrrole nitrogens is 1. The number of unbranched alkanes of at least 4 members (excludes halogenated alkanes) is 17. The first-order valence-corrected chi connectivity index (χ1v) is 30.8. The predicted octanol–water partition coefficient (Wildman–Crippen LogP) is 9.52. The zero-order valence-electron chi connectivity index (χ0n) is 48.9. The Morgan fingerprint density at radius 1 is 0.494 bits per heavy atom. The third-order valence-corrected chi connectivity index (χ3v) is 15.2. The molecule has 1 aromatic heterocycles. The maximum absolute atomic E-state index is 13.1. The Balaban J connectivity index is 1.35. The van der Waals surface area contributed by atoms with Crippen molar-refractivity contribution in [1.82, 2.24) is 20.6 Å². The average Bonchev–Trinajstić information content (AvgIpc) is 3.97. The van der Waals surface area contributed by atoms with Crippen LogP contribution in [0.4, 0.5) is 0 Å². The number of hydrogen-bond donors (Lipinski definition) is 6. The summed E-state index contributed by atoms with van der Waals surface area (Å²) in [4.78, 5) is 116. The van der Waals surface area contributed by atoms with E-state index in [9.17, 15) is 53.4 Å². The molecule has 0 spiro atoms. The lowest BCUT2D eigenvalue weighted by atomic mass is 9.76. The number of amides is 2. The van der Waals surface area contributed by atoms with Gasteiger partial charge in [-0.2, -0.15) is 0 Å². The van der Waals surface area contributed by atoms with Crippen LogP contribution in [0.1, 0.15) is 224 Å². The summed E-state index contributed by atoms with van der Waals surface area (Å²) in [5.41, 5.74) is 0.830. The molecule has 0 aliphatic heterocycles. The molecule has 2 amide bonds. The van der Waals surface area contributed by atoms with Gasteiger partial charge in [-0.05, 0) is 76.5 Å². The highest BCUT2D eigenvalue weighted by Gasteiger charge is 2.30. The minimum Gasteiger partial charge on any atom is -0.481 e. The van der Waals surface area contributed by atoms with Crippen LogP contribution >= 0.6 is 0 Å². The summed E-state index contributed by atoms with van der Waals surface area (Å²) in [6.45, 7) is 1.44. The summed E-state index contributed by atoms with van der Waals surface area (Å²) in [6, 6.07) is 0. The molecule has 462 valence electrons. The molecule has 1 aromatic rings. The number of carboxylic acid groups (broad SMARTS) is 3. The van der Waals surface area contributed by atoms with E-state index in [2.05, 4.69) is 20.6 Å². The van der Waals surface area contributed by atoms with Gasteiger partial charge in [-0.3, -0.25) is 43.2 Å². The Kier molecular flexibility index (Phi) is 43.3. The normalized spacial score (nSPS) is 15.0. The van der Waals surface area contributed by atoms with Crippen LogP contribution in [0.25, 0.3) is 0 Å². The molecule has 0 unspecified atom stereocenters. The fourth-order valence-corrected chi connectivity index (χ4v) is 10.2. The van der Waals surface area contributed by atoms with Crippen molar-refractivity contribution >= 4 is 52.9 Å². The van der Waals surface area contributed by atoms with E-state index in [0.717, 1.165) is 57.1 Å². The van der Waals surface area contributed by atoms with Gasteiger partial charge in [0, 0.05) is 82.3 Å². The number of aryl methyl sites for hydroxylation is 1. The highest BCUT2D eigenvalue weighted by atomic mass is 16.5. The van der Waals surface area contributed by atoms with Gasteiger partial charge in [0.1, 0.15) is 30.6 Å². The first-order valence-electron chi connectivity index (χ1n) is 30.8. The number of ketones is 4. The van der Waals surface area contributed by atoms with Gasteiger partial charge in [0.2, 0.25) is 11.8 Å². The molecular weight excluding hydrogens is 1040 g/mol. The van der Waals surface area contributed by atoms with Gasteiger partial charge in [0.25, 0.3) is 0 Å². The quantitative estimate of drug-likeness (QED) is 0.0331. The molecule has 0 bridgehead atoms. The van der Waals surface area contributed by atoms with Crippen LogP contribution in [0.3, 0.4) is 0 Å². The summed E-state index contributed by atoms with van der Waals surface area (Å²) in [7, 11) is 0. The minimum atomic E-state index is -1.09. The molecule has 2 atom stereocenters. The highest BCUT2D eigenvalue weighted by Crippen LogP contribution is 2.34. The molecule has 20 nitrogen and oxygen atoms in total. The Morgan fingerprint density at radius 3 is 1.53 bits per heavy atom. The second-order valence-corrected chi connectivity index (χ2v) is 22.1. The molecule has 81 heavy (non-hydrogen) atoms. The van der Waals surface area contributed by atoms with Crippen molar-refractivity contribution in [3.8, 4) is 0 Å². The number of carbonyl (C=O) groups excluding carboxylic acids is 6. The largest absolute Gasteiger partial charge is 0.481 e. The van der Waals surface area contributed by atoms with Crippen molar-refractivity contribution < 1.29 is 77.4 Å². The summed E-state index contributed by atoms with van der Waals surface area (Å²) in [5, 5.41) is 33.4. The Hall–Kier alpha value is -4.92. The van der Waals surface area contributed by atoms with E-state index in [1.807, 2.05) is 0 Å². The fourth-order valence-electron chi connectivity index (χ4n) is 10.2. The number of nitrogens with one attached hydrogen (secondary N) is 3. The smallest absolute Gasteiger partial charge is 0.306 e. The number of nitrogens with zero attached hydrogens (tertiary/aromatic N) is 1. The molecule has 20 heteroatoms. The zero-order chi connectivity index (χ0) is 59.0. The molecule has 6 N–H and O–H groups in total. The van der Waals surface area contributed by atoms with Gasteiger partial charge in [-0.1, -0.05) is 103 Å². The number of aromatic nitrogens is 2. The van der Waals surface area contributed by atoms with E-state index in [1.165, 1.54) is 77.0 Å². The van der Waals surface area contributed by atoms with Crippen molar-refractivity contribution in [3.05, 3.63) is 18.2 Å². The van der Waals surface area contributed by atoms with E-state index in [1.54, 1.807) is 6.20 Å². The first kappa shape index (κ1) is 72.2. The third kappa shape index (κ3) is 41.7. The van der Waals surface area contributed by atoms with Crippen LogP contribution in [0.5, 0.6) is 0 Å². The zero-order valence-corrected chi connectivity index (χ0v) is 48.9. The van der Waals surface area contributed by atoms with Crippen LogP contribution in [-0.4, -0.2) is 144 Å². The van der Waals surface area contributed by atoms with E-state index in [-0.39, 0.29) is 133 Å². The van der Waals surface area contributed by atoms with Crippen LogP contribution in [-0.2, 0) is 68.5 Å². The highest BCUT2D eigenvalue weighted by molar-refractivity contribution is 5.86. The second-order valence-electron chi connectivity index (χ2n) is 22.1. The molecule has 1 heterocycles. The fraction of sp³-hybridized carbons (Fsp3) is 0.803. The van der Waals surface area contributed by atoms with Crippen molar-refractivity contribution in [3.63, 3.8) is 0 Å². The SMILES string of the molecule is O=C(O)CCCCCCCCCCCCCCCCCCC(=O)CCC1CCC(C(=O)C[C@@H](CCC(=O)NCCOCCOCC(=O)NCCOCCOCC(=O)CCCCC[C@H](CC(=O)CCc2cnc[nH]2)C(=O)O)C(=O)O)CC1. The maximum atomic E-state index is 13.1. The molecule has 1 aliphatic carbocycles. The van der Waals surface area contributed by atoms with Gasteiger partial charge >= 0.3 is 17.9 Å². The second kappa shape index (κ2) is 48.6. The Bertz CT molecular complexity index is 1890. The average molecular weight is 1150 g/mol. The monoisotopic (exact) mass is 1150 g/mol. The van der Waals surface area contributed by atoms with Gasteiger partial charge in [0.15, 0.2) is 5.78 Å². The van der Waals surface area contributed by atoms with Crippen molar-refractivity contribution in [2.75, 3.05) is 65.9 Å². The van der Waals surface area contributed by atoms with E-state index in [4.69, 9.17) is 24.1 Å².